The summed E-state index contributed by atoms with van der Waals surface area (Å²) in [6.07, 6.45) is 3.96. The predicted octanol–water partition coefficient (Wildman–Crippen LogP) is 1.74. The second-order valence-corrected chi connectivity index (χ2v) is 5.29. The first-order chi connectivity index (χ1) is 8.74. The fraction of sp³-hybridized carbons (Fsp3) is 0.462. The van der Waals surface area contributed by atoms with Crippen LogP contribution in [0.25, 0.3) is 5.65 Å². The predicted molar refractivity (Wildman–Crippen MR) is 73.0 cm³/mol. The molecule has 1 fully saturated rings. The van der Waals surface area contributed by atoms with Crippen LogP contribution in [0.15, 0.2) is 24.5 Å². The largest absolute Gasteiger partial charge is 0.304 e. The van der Waals surface area contributed by atoms with Gasteiger partial charge in [-0.05, 0) is 19.2 Å². The molecule has 1 aliphatic rings. The molecule has 0 saturated carbocycles. The standard InChI is InChI=1S/C13H17ClN4/c1-16-5-7-17(8-6-16)10-11-9-15-13-12(14)3-2-4-18(11)13/h2-4,9H,5-8,10H2,1H3. The van der Waals surface area contributed by atoms with Crippen molar-refractivity contribution in [3.8, 4) is 0 Å². The Hall–Kier alpha value is -1.10. The molecule has 0 aromatic carbocycles. The van der Waals surface area contributed by atoms with Crippen molar-refractivity contribution in [1.82, 2.24) is 19.2 Å². The van der Waals surface area contributed by atoms with Gasteiger partial charge in [-0.3, -0.25) is 4.90 Å². The van der Waals surface area contributed by atoms with E-state index in [1.54, 1.807) is 0 Å². The van der Waals surface area contributed by atoms with Crippen LogP contribution in [0.2, 0.25) is 5.02 Å². The first-order valence-corrected chi connectivity index (χ1v) is 6.63. The normalized spacial score (nSPS) is 18.6. The zero-order valence-electron chi connectivity index (χ0n) is 10.5. The molecule has 1 saturated heterocycles. The maximum absolute atomic E-state index is 6.13. The summed E-state index contributed by atoms with van der Waals surface area (Å²) in [6, 6.07) is 3.84. The Morgan fingerprint density at radius 1 is 1.28 bits per heavy atom. The summed E-state index contributed by atoms with van der Waals surface area (Å²) in [5, 5.41) is 0.710. The SMILES string of the molecule is CN1CCN(Cc2cnc3c(Cl)cccn23)CC1. The van der Waals surface area contributed by atoms with Crippen LogP contribution in [0.5, 0.6) is 0 Å². The Labute approximate surface area is 112 Å². The van der Waals surface area contributed by atoms with Crippen LogP contribution in [0.3, 0.4) is 0 Å². The number of aromatic nitrogens is 2. The van der Waals surface area contributed by atoms with Crippen LogP contribution in [0.1, 0.15) is 5.69 Å². The zero-order valence-corrected chi connectivity index (χ0v) is 11.3. The lowest BCUT2D eigenvalue weighted by molar-refractivity contribution is 0.146. The van der Waals surface area contributed by atoms with Crippen molar-refractivity contribution in [2.24, 2.45) is 0 Å². The molecule has 0 radical (unpaired) electrons. The molecule has 2 aromatic heterocycles. The van der Waals surface area contributed by atoms with E-state index in [1.165, 1.54) is 5.69 Å². The maximum atomic E-state index is 6.13. The number of imidazole rings is 1. The highest BCUT2D eigenvalue weighted by atomic mass is 35.5. The molecular weight excluding hydrogens is 248 g/mol. The molecule has 18 heavy (non-hydrogen) atoms. The summed E-state index contributed by atoms with van der Waals surface area (Å²) in [5.74, 6) is 0. The average molecular weight is 265 g/mol. The third-order valence-corrected chi connectivity index (χ3v) is 3.84. The molecule has 4 nitrogen and oxygen atoms in total. The van der Waals surface area contributed by atoms with Crippen LogP contribution in [0, 0.1) is 0 Å². The van der Waals surface area contributed by atoms with Gasteiger partial charge >= 0.3 is 0 Å². The zero-order chi connectivity index (χ0) is 12.5. The van der Waals surface area contributed by atoms with E-state index in [9.17, 15) is 0 Å². The molecule has 0 atom stereocenters. The van der Waals surface area contributed by atoms with Gasteiger partial charge in [0, 0.05) is 38.9 Å². The van der Waals surface area contributed by atoms with Gasteiger partial charge in [0.05, 0.1) is 16.9 Å². The van der Waals surface area contributed by atoms with E-state index < -0.39 is 0 Å². The molecule has 5 heteroatoms. The minimum atomic E-state index is 0.710. The highest BCUT2D eigenvalue weighted by molar-refractivity contribution is 6.33. The second-order valence-electron chi connectivity index (χ2n) is 4.88. The van der Waals surface area contributed by atoms with Gasteiger partial charge in [-0.25, -0.2) is 4.98 Å². The summed E-state index contributed by atoms with van der Waals surface area (Å²) < 4.78 is 2.08. The monoisotopic (exact) mass is 264 g/mol. The Bertz CT molecular complexity index is 543. The number of likely N-dealkylation sites (N-methyl/N-ethyl adjacent to an activating group) is 1. The molecule has 0 bridgehead atoms. The molecule has 2 aromatic rings. The number of pyridine rings is 1. The number of halogens is 1. The molecule has 1 aliphatic heterocycles. The maximum Gasteiger partial charge on any atom is 0.155 e. The third-order valence-electron chi connectivity index (χ3n) is 3.55. The quantitative estimate of drug-likeness (QED) is 0.826. The van der Waals surface area contributed by atoms with Gasteiger partial charge in [-0.15, -0.1) is 0 Å². The van der Waals surface area contributed by atoms with Gasteiger partial charge in [-0.2, -0.15) is 0 Å². The molecule has 3 rings (SSSR count). The van der Waals surface area contributed by atoms with Crippen LogP contribution in [0.4, 0.5) is 0 Å². The second kappa shape index (κ2) is 4.88. The number of hydrogen-bond acceptors (Lipinski definition) is 3. The molecule has 0 unspecified atom stereocenters. The van der Waals surface area contributed by atoms with Crippen molar-refractivity contribution in [1.29, 1.82) is 0 Å². The lowest BCUT2D eigenvalue weighted by Crippen LogP contribution is -2.44. The van der Waals surface area contributed by atoms with Gasteiger partial charge in [0.15, 0.2) is 5.65 Å². The van der Waals surface area contributed by atoms with Crippen molar-refractivity contribution in [2.45, 2.75) is 6.54 Å². The van der Waals surface area contributed by atoms with Crippen LogP contribution in [-0.2, 0) is 6.54 Å². The number of hydrogen-bond donors (Lipinski definition) is 0. The van der Waals surface area contributed by atoms with Crippen LogP contribution >= 0.6 is 11.6 Å². The number of nitrogens with zero attached hydrogens (tertiary/aromatic N) is 4. The summed E-state index contributed by atoms with van der Waals surface area (Å²) >= 11 is 6.13. The summed E-state index contributed by atoms with van der Waals surface area (Å²) in [7, 11) is 2.17. The smallest absolute Gasteiger partial charge is 0.155 e. The molecule has 0 spiro atoms. The summed E-state index contributed by atoms with van der Waals surface area (Å²) in [6.45, 7) is 5.44. The van der Waals surface area contributed by atoms with Crippen LogP contribution < -0.4 is 0 Å². The fourth-order valence-electron chi connectivity index (χ4n) is 2.38. The molecular formula is C13H17ClN4. The van der Waals surface area contributed by atoms with E-state index in [1.807, 2.05) is 24.5 Å². The van der Waals surface area contributed by atoms with Gasteiger partial charge in [0.25, 0.3) is 0 Å². The van der Waals surface area contributed by atoms with Crippen molar-refractivity contribution in [3.63, 3.8) is 0 Å². The van der Waals surface area contributed by atoms with Crippen molar-refractivity contribution < 1.29 is 0 Å². The molecule has 0 N–H and O–H groups in total. The van der Waals surface area contributed by atoms with E-state index in [4.69, 9.17) is 11.6 Å². The number of fused-ring (bicyclic) bond motifs is 1. The minimum absolute atomic E-state index is 0.710. The van der Waals surface area contributed by atoms with Crippen molar-refractivity contribution in [3.05, 3.63) is 35.2 Å². The van der Waals surface area contributed by atoms with Gasteiger partial charge in [0.2, 0.25) is 0 Å². The highest BCUT2D eigenvalue weighted by Gasteiger charge is 2.15. The van der Waals surface area contributed by atoms with E-state index in [0.717, 1.165) is 38.4 Å². The minimum Gasteiger partial charge on any atom is -0.304 e. The first-order valence-electron chi connectivity index (χ1n) is 6.25. The average Bonchev–Trinajstić information content (AvgIpc) is 2.77. The lowest BCUT2D eigenvalue weighted by Gasteiger charge is -2.32. The molecule has 0 amide bonds. The Kier molecular flexibility index (Phi) is 3.24. The Morgan fingerprint density at radius 3 is 2.83 bits per heavy atom. The van der Waals surface area contributed by atoms with Crippen molar-refractivity contribution in [2.75, 3.05) is 33.2 Å². The topological polar surface area (TPSA) is 23.8 Å². The van der Waals surface area contributed by atoms with Gasteiger partial charge in [-0.1, -0.05) is 11.6 Å². The lowest BCUT2D eigenvalue weighted by atomic mass is 10.3. The van der Waals surface area contributed by atoms with E-state index >= 15 is 0 Å². The molecule has 96 valence electrons. The number of piperazine rings is 1. The van der Waals surface area contributed by atoms with Crippen molar-refractivity contribution >= 4 is 17.2 Å². The number of rotatable bonds is 2. The van der Waals surface area contributed by atoms with Gasteiger partial charge < -0.3 is 9.30 Å². The molecule has 3 heterocycles. The molecule has 0 aliphatic carbocycles. The fourth-order valence-corrected chi connectivity index (χ4v) is 2.59. The highest BCUT2D eigenvalue weighted by Crippen LogP contribution is 2.18. The van der Waals surface area contributed by atoms with Gasteiger partial charge in [0.1, 0.15) is 0 Å². The van der Waals surface area contributed by atoms with E-state index in [0.29, 0.717) is 5.02 Å². The van der Waals surface area contributed by atoms with Crippen LogP contribution in [-0.4, -0.2) is 52.4 Å². The summed E-state index contributed by atoms with van der Waals surface area (Å²) in [4.78, 5) is 9.22. The Morgan fingerprint density at radius 2 is 2.06 bits per heavy atom. The summed E-state index contributed by atoms with van der Waals surface area (Å²) in [5.41, 5.74) is 2.06. The first kappa shape index (κ1) is 12.0. The van der Waals surface area contributed by atoms with E-state index in [2.05, 4.69) is 26.2 Å². The third kappa shape index (κ3) is 2.23. The Balaban J connectivity index is 1.81. The van der Waals surface area contributed by atoms with E-state index in [-0.39, 0.29) is 0 Å².